The van der Waals surface area contributed by atoms with Gasteiger partial charge < -0.3 is 9.84 Å². The second-order valence-electron chi connectivity index (χ2n) is 5.24. The van der Waals surface area contributed by atoms with Gasteiger partial charge in [0.25, 0.3) is 5.91 Å². The lowest BCUT2D eigenvalue weighted by molar-refractivity contribution is -0.127. The van der Waals surface area contributed by atoms with E-state index in [1.165, 1.54) is 6.07 Å². The molecule has 0 aliphatic heterocycles. The van der Waals surface area contributed by atoms with E-state index in [1.54, 1.807) is 43.3 Å². The van der Waals surface area contributed by atoms with Crippen LogP contribution >= 0.6 is 23.2 Å². The Hall–Kier alpha value is -2.24. The summed E-state index contributed by atoms with van der Waals surface area (Å²) < 4.78 is 5.54. The predicted octanol–water partition coefficient (Wildman–Crippen LogP) is 4.40. The molecule has 0 aromatic heterocycles. The molecular formula is C18H18Cl2N2O3. The predicted molar refractivity (Wildman–Crippen MR) is 99.6 cm³/mol. The Balaban J connectivity index is 2.06. The number of nitrogens with zero attached hydrogens (tertiary/aromatic N) is 1. The van der Waals surface area contributed by atoms with E-state index in [9.17, 15) is 9.90 Å². The van der Waals surface area contributed by atoms with Gasteiger partial charge in [-0.25, -0.2) is 5.43 Å². The summed E-state index contributed by atoms with van der Waals surface area (Å²) in [6.07, 6.45) is -0.277. The minimum atomic E-state index is -0.815. The molecule has 0 heterocycles. The van der Waals surface area contributed by atoms with Crippen molar-refractivity contribution in [2.75, 3.05) is 0 Å². The number of halogens is 2. The van der Waals surface area contributed by atoms with Crippen LogP contribution in [0, 0.1) is 0 Å². The molecule has 0 aliphatic rings. The summed E-state index contributed by atoms with van der Waals surface area (Å²) in [6, 6.07) is 11.6. The van der Waals surface area contributed by atoms with Crippen molar-refractivity contribution in [3.63, 3.8) is 0 Å². The fraction of sp³-hybridized carbons (Fsp3) is 0.222. The second-order valence-corrected chi connectivity index (χ2v) is 6.08. The fourth-order valence-electron chi connectivity index (χ4n) is 2.08. The standard InChI is InChI=1S/C18H18Cl2N2O3/c1-3-15(13-6-4-5-7-16(13)23)21-22-18(24)11(2)25-17-9-8-12(19)10-14(17)20/h4-11,23H,3H2,1-2H3,(H,22,24)/b21-15+. The van der Waals surface area contributed by atoms with Gasteiger partial charge in [-0.15, -0.1) is 0 Å². The van der Waals surface area contributed by atoms with E-state index in [0.29, 0.717) is 33.5 Å². The minimum absolute atomic E-state index is 0.106. The van der Waals surface area contributed by atoms with Crippen LogP contribution in [-0.4, -0.2) is 22.8 Å². The van der Waals surface area contributed by atoms with Gasteiger partial charge in [0, 0.05) is 10.6 Å². The smallest absolute Gasteiger partial charge is 0.280 e. The van der Waals surface area contributed by atoms with Gasteiger partial charge in [0.15, 0.2) is 6.10 Å². The molecule has 132 valence electrons. The molecule has 0 spiro atoms. The average molecular weight is 381 g/mol. The summed E-state index contributed by atoms with van der Waals surface area (Å²) in [5.41, 5.74) is 3.58. The number of hydrazone groups is 1. The average Bonchev–Trinajstić information content (AvgIpc) is 2.59. The minimum Gasteiger partial charge on any atom is -0.507 e. The Bertz CT molecular complexity index is 794. The Labute approximate surface area is 156 Å². The van der Waals surface area contributed by atoms with Crippen LogP contribution in [-0.2, 0) is 4.79 Å². The van der Waals surface area contributed by atoms with Crippen LogP contribution in [0.2, 0.25) is 10.0 Å². The van der Waals surface area contributed by atoms with Crippen molar-refractivity contribution in [3.05, 3.63) is 58.1 Å². The summed E-state index contributed by atoms with van der Waals surface area (Å²) in [6.45, 7) is 3.46. The van der Waals surface area contributed by atoms with Gasteiger partial charge in [-0.3, -0.25) is 4.79 Å². The van der Waals surface area contributed by atoms with Gasteiger partial charge in [-0.2, -0.15) is 5.10 Å². The first-order chi connectivity index (χ1) is 11.9. The maximum atomic E-state index is 12.2. The van der Waals surface area contributed by atoms with Crippen molar-refractivity contribution in [2.24, 2.45) is 5.10 Å². The Morgan fingerprint density at radius 2 is 2.00 bits per heavy atom. The molecule has 0 aliphatic carbocycles. The van der Waals surface area contributed by atoms with Gasteiger partial charge in [0.1, 0.15) is 11.5 Å². The van der Waals surface area contributed by atoms with E-state index in [1.807, 2.05) is 6.92 Å². The maximum absolute atomic E-state index is 12.2. The highest BCUT2D eigenvalue weighted by atomic mass is 35.5. The van der Waals surface area contributed by atoms with Crippen molar-refractivity contribution in [2.45, 2.75) is 26.4 Å². The van der Waals surface area contributed by atoms with Gasteiger partial charge >= 0.3 is 0 Å². The van der Waals surface area contributed by atoms with Crippen molar-refractivity contribution >= 4 is 34.8 Å². The lowest BCUT2D eigenvalue weighted by Gasteiger charge is -2.15. The molecule has 0 radical (unpaired) electrons. The number of aromatic hydroxyl groups is 1. The van der Waals surface area contributed by atoms with E-state index >= 15 is 0 Å². The molecule has 1 atom stereocenters. The second kappa shape index (κ2) is 8.74. The van der Waals surface area contributed by atoms with E-state index in [-0.39, 0.29) is 5.75 Å². The molecule has 0 fully saturated rings. The van der Waals surface area contributed by atoms with Crippen LogP contribution in [0.1, 0.15) is 25.8 Å². The number of carbonyl (C=O) groups is 1. The number of para-hydroxylation sites is 1. The first kappa shape index (κ1) is 19.1. The largest absolute Gasteiger partial charge is 0.507 e. The Morgan fingerprint density at radius 3 is 2.64 bits per heavy atom. The number of phenolic OH excluding ortho intramolecular Hbond substituents is 1. The number of rotatable bonds is 6. The van der Waals surface area contributed by atoms with Gasteiger partial charge in [-0.1, -0.05) is 42.3 Å². The summed E-state index contributed by atoms with van der Waals surface area (Å²) in [4.78, 5) is 12.2. The Morgan fingerprint density at radius 1 is 1.28 bits per heavy atom. The quantitative estimate of drug-likeness (QED) is 0.576. The van der Waals surface area contributed by atoms with Crippen LogP contribution in [0.4, 0.5) is 0 Å². The van der Waals surface area contributed by atoms with E-state index < -0.39 is 12.0 Å². The summed E-state index contributed by atoms with van der Waals surface area (Å²) in [7, 11) is 0. The number of nitrogens with one attached hydrogen (secondary N) is 1. The molecule has 2 rings (SSSR count). The maximum Gasteiger partial charge on any atom is 0.280 e. The number of hydrogen-bond donors (Lipinski definition) is 2. The molecule has 0 saturated heterocycles. The molecule has 1 unspecified atom stereocenters. The number of benzene rings is 2. The highest BCUT2D eigenvalue weighted by molar-refractivity contribution is 6.35. The zero-order valence-corrected chi connectivity index (χ0v) is 15.3. The topological polar surface area (TPSA) is 70.9 Å². The molecule has 2 N–H and O–H groups in total. The van der Waals surface area contributed by atoms with Crippen molar-refractivity contribution in [1.29, 1.82) is 0 Å². The highest BCUT2D eigenvalue weighted by Gasteiger charge is 2.16. The van der Waals surface area contributed by atoms with Crippen LogP contribution in [0.15, 0.2) is 47.6 Å². The van der Waals surface area contributed by atoms with Crippen molar-refractivity contribution in [1.82, 2.24) is 5.43 Å². The first-order valence-corrected chi connectivity index (χ1v) is 8.44. The zero-order valence-electron chi connectivity index (χ0n) is 13.8. The van der Waals surface area contributed by atoms with Gasteiger partial charge in [-0.05, 0) is 43.7 Å². The molecule has 25 heavy (non-hydrogen) atoms. The summed E-state index contributed by atoms with van der Waals surface area (Å²) in [5, 5.41) is 14.8. The van der Waals surface area contributed by atoms with Crippen molar-refractivity contribution in [3.8, 4) is 11.5 Å². The molecule has 0 bridgehead atoms. The molecule has 7 heteroatoms. The summed E-state index contributed by atoms with van der Waals surface area (Å²) in [5.74, 6) is 0.0242. The van der Waals surface area contributed by atoms with Gasteiger partial charge in [0.2, 0.25) is 0 Å². The normalized spacial score (nSPS) is 12.6. The molecule has 5 nitrogen and oxygen atoms in total. The van der Waals surface area contributed by atoms with Crippen LogP contribution < -0.4 is 10.2 Å². The van der Waals surface area contributed by atoms with E-state index in [2.05, 4.69) is 10.5 Å². The number of amides is 1. The van der Waals surface area contributed by atoms with Crippen LogP contribution in [0.25, 0.3) is 0 Å². The number of phenols is 1. The monoisotopic (exact) mass is 380 g/mol. The molecule has 0 saturated carbocycles. The Kier molecular flexibility index (Phi) is 6.67. The highest BCUT2D eigenvalue weighted by Crippen LogP contribution is 2.28. The van der Waals surface area contributed by atoms with E-state index in [0.717, 1.165) is 0 Å². The van der Waals surface area contributed by atoms with Crippen molar-refractivity contribution < 1.29 is 14.6 Å². The van der Waals surface area contributed by atoms with Gasteiger partial charge in [0.05, 0.1) is 10.7 Å². The molecule has 2 aromatic carbocycles. The molecule has 2 aromatic rings. The first-order valence-electron chi connectivity index (χ1n) is 7.68. The fourth-order valence-corrected chi connectivity index (χ4v) is 2.53. The molecular weight excluding hydrogens is 363 g/mol. The van der Waals surface area contributed by atoms with Crippen LogP contribution in [0.3, 0.4) is 0 Å². The number of ether oxygens (including phenoxy) is 1. The number of hydrogen-bond acceptors (Lipinski definition) is 4. The zero-order chi connectivity index (χ0) is 18.4. The molecule has 1 amide bonds. The third-order valence-electron chi connectivity index (χ3n) is 3.42. The van der Waals surface area contributed by atoms with E-state index in [4.69, 9.17) is 27.9 Å². The summed E-state index contributed by atoms with van der Waals surface area (Å²) >= 11 is 11.9. The lowest BCUT2D eigenvalue weighted by atomic mass is 10.1. The third-order valence-corrected chi connectivity index (χ3v) is 3.95. The number of carbonyl (C=O) groups excluding carboxylic acids is 1. The third kappa shape index (κ3) is 5.11. The lowest BCUT2D eigenvalue weighted by Crippen LogP contribution is -2.34. The van der Waals surface area contributed by atoms with Crippen LogP contribution in [0.5, 0.6) is 11.5 Å². The SMILES string of the molecule is CC/C(=N\NC(=O)C(C)Oc1ccc(Cl)cc1Cl)c1ccccc1O.